The highest BCUT2D eigenvalue weighted by molar-refractivity contribution is 6.29. The standard InChI is InChI=1S/C13H17ClN2O3/c1-3-4-9(2)16-12(17)8-19-13(18)10-5-6-11(14)15-7-10/h5-7,9H,3-4,8H2,1-2H3,(H,16,17)/t9-/m1/s1. The Morgan fingerprint density at radius 2 is 2.21 bits per heavy atom. The van der Waals surface area contributed by atoms with Gasteiger partial charge in [-0.3, -0.25) is 4.79 Å². The molecule has 1 aromatic rings. The van der Waals surface area contributed by atoms with E-state index in [2.05, 4.69) is 10.3 Å². The molecule has 0 aliphatic carbocycles. The molecule has 0 aliphatic heterocycles. The van der Waals surface area contributed by atoms with Crippen LogP contribution in [0.15, 0.2) is 18.3 Å². The summed E-state index contributed by atoms with van der Waals surface area (Å²) in [6.45, 7) is 3.65. The maximum atomic E-state index is 11.6. The van der Waals surface area contributed by atoms with Crippen LogP contribution in [0.4, 0.5) is 0 Å². The van der Waals surface area contributed by atoms with E-state index in [1.54, 1.807) is 0 Å². The Morgan fingerprint density at radius 3 is 2.79 bits per heavy atom. The van der Waals surface area contributed by atoms with Crippen molar-refractivity contribution in [3.63, 3.8) is 0 Å². The van der Waals surface area contributed by atoms with Gasteiger partial charge >= 0.3 is 5.97 Å². The van der Waals surface area contributed by atoms with Gasteiger partial charge in [0, 0.05) is 12.2 Å². The van der Waals surface area contributed by atoms with Crippen molar-refractivity contribution in [2.24, 2.45) is 0 Å². The van der Waals surface area contributed by atoms with Gasteiger partial charge in [-0.2, -0.15) is 0 Å². The summed E-state index contributed by atoms with van der Waals surface area (Å²) in [5, 5.41) is 3.04. The maximum absolute atomic E-state index is 11.6. The number of halogens is 1. The largest absolute Gasteiger partial charge is 0.452 e. The SMILES string of the molecule is CCC[C@@H](C)NC(=O)COC(=O)c1ccc(Cl)nc1. The van der Waals surface area contributed by atoms with Gasteiger partial charge in [0.25, 0.3) is 5.91 Å². The highest BCUT2D eigenvalue weighted by Gasteiger charge is 2.12. The normalized spacial score (nSPS) is 11.7. The second-order valence-corrected chi connectivity index (χ2v) is 4.59. The summed E-state index contributed by atoms with van der Waals surface area (Å²) >= 11 is 5.60. The topological polar surface area (TPSA) is 68.3 Å². The zero-order chi connectivity index (χ0) is 14.3. The number of ether oxygens (including phenoxy) is 1. The van der Waals surface area contributed by atoms with Gasteiger partial charge in [0.05, 0.1) is 5.56 Å². The van der Waals surface area contributed by atoms with Gasteiger partial charge in [-0.05, 0) is 25.5 Å². The molecular weight excluding hydrogens is 268 g/mol. The van der Waals surface area contributed by atoms with E-state index >= 15 is 0 Å². The second-order valence-electron chi connectivity index (χ2n) is 4.20. The summed E-state index contributed by atoms with van der Waals surface area (Å²) in [7, 11) is 0. The lowest BCUT2D eigenvalue weighted by atomic mass is 10.2. The smallest absolute Gasteiger partial charge is 0.340 e. The van der Waals surface area contributed by atoms with Gasteiger partial charge in [-0.1, -0.05) is 24.9 Å². The van der Waals surface area contributed by atoms with E-state index in [9.17, 15) is 9.59 Å². The van der Waals surface area contributed by atoms with E-state index in [1.165, 1.54) is 18.3 Å². The van der Waals surface area contributed by atoms with Gasteiger partial charge in [0.2, 0.25) is 0 Å². The Morgan fingerprint density at radius 1 is 1.47 bits per heavy atom. The average Bonchev–Trinajstić information content (AvgIpc) is 2.37. The summed E-state index contributed by atoms with van der Waals surface area (Å²) in [6.07, 6.45) is 3.18. The molecule has 1 N–H and O–H groups in total. The van der Waals surface area contributed by atoms with E-state index < -0.39 is 5.97 Å². The lowest BCUT2D eigenvalue weighted by Gasteiger charge is -2.12. The van der Waals surface area contributed by atoms with Crippen LogP contribution in [0.5, 0.6) is 0 Å². The summed E-state index contributed by atoms with van der Waals surface area (Å²) in [5.74, 6) is -0.904. The van der Waals surface area contributed by atoms with Crippen molar-refractivity contribution in [1.29, 1.82) is 0 Å². The third-order valence-corrected chi connectivity index (χ3v) is 2.65. The number of nitrogens with one attached hydrogen (secondary N) is 1. The molecule has 0 unspecified atom stereocenters. The van der Waals surface area contributed by atoms with E-state index in [-0.39, 0.29) is 24.1 Å². The number of hydrogen-bond acceptors (Lipinski definition) is 4. The van der Waals surface area contributed by atoms with E-state index in [0.717, 1.165) is 12.8 Å². The minimum absolute atomic E-state index is 0.0772. The van der Waals surface area contributed by atoms with Crippen LogP contribution in [0.1, 0.15) is 37.0 Å². The molecule has 0 radical (unpaired) electrons. The van der Waals surface area contributed by atoms with Gasteiger partial charge in [0.1, 0.15) is 5.15 Å². The van der Waals surface area contributed by atoms with E-state index in [4.69, 9.17) is 16.3 Å². The molecule has 1 atom stereocenters. The van der Waals surface area contributed by atoms with E-state index in [0.29, 0.717) is 5.15 Å². The zero-order valence-corrected chi connectivity index (χ0v) is 11.7. The number of carbonyl (C=O) groups is 2. The predicted molar refractivity (Wildman–Crippen MR) is 72.0 cm³/mol. The molecule has 19 heavy (non-hydrogen) atoms. The highest BCUT2D eigenvalue weighted by Crippen LogP contribution is 2.06. The third kappa shape index (κ3) is 5.70. The van der Waals surface area contributed by atoms with Crippen LogP contribution in [0.25, 0.3) is 0 Å². The van der Waals surface area contributed by atoms with Gasteiger partial charge in [0.15, 0.2) is 6.61 Å². The first-order valence-corrected chi connectivity index (χ1v) is 6.48. The number of nitrogens with zero attached hydrogens (tertiary/aromatic N) is 1. The summed E-state index contributed by atoms with van der Waals surface area (Å²) in [5.41, 5.74) is 0.263. The second kappa shape index (κ2) is 7.74. The molecular formula is C13H17ClN2O3. The van der Waals surface area contributed by atoms with E-state index in [1.807, 2.05) is 13.8 Å². The first-order valence-electron chi connectivity index (χ1n) is 6.11. The van der Waals surface area contributed by atoms with Crippen molar-refractivity contribution < 1.29 is 14.3 Å². The fraction of sp³-hybridized carbons (Fsp3) is 0.462. The van der Waals surface area contributed by atoms with Crippen molar-refractivity contribution in [2.75, 3.05) is 6.61 Å². The molecule has 0 spiro atoms. The Bertz CT molecular complexity index is 434. The molecule has 0 saturated carbocycles. The van der Waals surface area contributed by atoms with Gasteiger partial charge < -0.3 is 10.1 Å². The van der Waals surface area contributed by atoms with Crippen LogP contribution in [0, 0.1) is 0 Å². The fourth-order valence-corrected chi connectivity index (χ4v) is 1.64. The number of aromatic nitrogens is 1. The van der Waals surface area contributed by atoms with Crippen molar-refractivity contribution in [1.82, 2.24) is 10.3 Å². The number of hydrogen-bond donors (Lipinski definition) is 1. The number of rotatable bonds is 6. The summed E-state index contributed by atoms with van der Waals surface area (Å²) < 4.78 is 4.87. The van der Waals surface area contributed by atoms with Crippen LogP contribution in [0.3, 0.4) is 0 Å². The number of carbonyl (C=O) groups excluding carboxylic acids is 2. The first-order chi connectivity index (χ1) is 9.02. The Kier molecular flexibility index (Phi) is 6.29. The quantitative estimate of drug-likeness (QED) is 0.642. The van der Waals surface area contributed by atoms with Crippen LogP contribution in [0.2, 0.25) is 5.15 Å². The Labute approximate surface area is 117 Å². The minimum atomic E-state index is -0.595. The minimum Gasteiger partial charge on any atom is -0.452 e. The highest BCUT2D eigenvalue weighted by atomic mass is 35.5. The van der Waals surface area contributed by atoms with Gasteiger partial charge in [-0.15, -0.1) is 0 Å². The molecule has 1 rings (SSSR count). The van der Waals surface area contributed by atoms with Crippen molar-refractivity contribution in [3.05, 3.63) is 29.0 Å². The lowest BCUT2D eigenvalue weighted by molar-refractivity contribution is -0.124. The van der Waals surface area contributed by atoms with Gasteiger partial charge in [-0.25, -0.2) is 9.78 Å². The lowest BCUT2D eigenvalue weighted by Crippen LogP contribution is -2.35. The fourth-order valence-electron chi connectivity index (χ4n) is 1.53. The van der Waals surface area contributed by atoms with Crippen molar-refractivity contribution in [2.45, 2.75) is 32.7 Å². The molecule has 0 bridgehead atoms. The number of pyridine rings is 1. The summed E-state index contributed by atoms with van der Waals surface area (Å²) in [6, 6.07) is 3.06. The molecule has 0 saturated heterocycles. The monoisotopic (exact) mass is 284 g/mol. The molecule has 104 valence electrons. The van der Waals surface area contributed by atoms with Crippen LogP contribution in [-0.2, 0) is 9.53 Å². The van der Waals surface area contributed by atoms with Crippen LogP contribution in [-0.4, -0.2) is 29.5 Å². The maximum Gasteiger partial charge on any atom is 0.340 e. The molecule has 0 fully saturated rings. The molecule has 5 nitrogen and oxygen atoms in total. The third-order valence-electron chi connectivity index (χ3n) is 2.43. The predicted octanol–water partition coefficient (Wildman–Crippen LogP) is 2.20. The first kappa shape index (κ1) is 15.4. The molecule has 1 amide bonds. The van der Waals surface area contributed by atoms with Crippen molar-refractivity contribution in [3.8, 4) is 0 Å². The zero-order valence-electron chi connectivity index (χ0n) is 11.0. The Balaban J connectivity index is 2.37. The van der Waals surface area contributed by atoms with Crippen LogP contribution < -0.4 is 5.32 Å². The molecule has 1 aromatic heterocycles. The molecule has 6 heteroatoms. The number of amides is 1. The summed E-state index contributed by atoms with van der Waals surface area (Å²) in [4.78, 5) is 26.8. The molecule has 1 heterocycles. The van der Waals surface area contributed by atoms with Crippen LogP contribution >= 0.6 is 11.6 Å². The number of esters is 1. The molecule has 0 aliphatic rings. The molecule has 0 aromatic carbocycles. The Hall–Kier alpha value is -1.62. The average molecular weight is 285 g/mol. The van der Waals surface area contributed by atoms with Crippen molar-refractivity contribution >= 4 is 23.5 Å².